The van der Waals surface area contributed by atoms with Gasteiger partial charge >= 0.3 is 6.18 Å². The molecule has 0 bridgehead atoms. The van der Waals surface area contributed by atoms with Gasteiger partial charge in [-0.2, -0.15) is 13.2 Å². The van der Waals surface area contributed by atoms with Gasteiger partial charge in [-0.1, -0.05) is 29.9 Å². The molecule has 0 radical (unpaired) electrons. The molecule has 4 nitrogen and oxygen atoms in total. The quantitative estimate of drug-likeness (QED) is 0.604. The van der Waals surface area contributed by atoms with Crippen LogP contribution in [0.4, 0.5) is 13.2 Å². The Morgan fingerprint density at radius 3 is 2.52 bits per heavy atom. The van der Waals surface area contributed by atoms with Crippen molar-refractivity contribution in [2.45, 2.75) is 23.9 Å². The van der Waals surface area contributed by atoms with Crippen molar-refractivity contribution >= 4 is 38.8 Å². The molecule has 0 saturated heterocycles. The molecule has 0 aliphatic heterocycles. The van der Waals surface area contributed by atoms with Crippen LogP contribution in [0.1, 0.15) is 18.4 Å². The Hall–Kier alpha value is -0.900. The van der Waals surface area contributed by atoms with E-state index in [4.69, 9.17) is 29.6 Å². The van der Waals surface area contributed by atoms with Crippen LogP contribution in [-0.4, -0.2) is 26.1 Å². The number of nitrogens with one attached hydrogen (secondary N) is 1. The molecule has 21 heavy (non-hydrogen) atoms. The van der Waals surface area contributed by atoms with Gasteiger partial charge in [-0.15, -0.1) is 0 Å². The van der Waals surface area contributed by atoms with E-state index in [1.165, 1.54) is 18.2 Å². The number of nitrogens with two attached hydrogens (primary N) is 1. The fourth-order valence-electron chi connectivity index (χ4n) is 1.44. The van der Waals surface area contributed by atoms with Crippen LogP contribution >= 0.6 is 23.8 Å². The van der Waals surface area contributed by atoms with Crippen molar-refractivity contribution in [2.75, 3.05) is 6.54 Å². The number of sulfonamides is 1. The van der Waals surface area contributed by atoms with E-state index in [-0.39, 0.29) is 27.9 Å². The van der Waals surface area contributed by atoms with Crippen LogP contribution in [0.15, 0.2) is 23.1 Å². The van der Waals surface area contributed by atoms with Crippen LogP contribution in [0.3, 0.4) is 0 Å². The lowest BCUT2D eigenvalue weighted by atomic mass is 10.2. The number of rotatable bonds is 6. The van der Waals surface area contributed by atoms with Crippen LogP contribution in [0.2, 0.25) is 5.02 Å². The van der Waals surface area contributed by atoms with Gasteiger partial charge in [0.25, 0.3) is 0 Å². The minimum Gasteiger partial charge on any atom is -0.389 e. The first kappa shape index (κ1) is 18.1. The second kappa shape index (κ2) is 6.91. The lowest BCUT2D eigenvalue weighted by molar-refractivity contribution is -0.135. The Labute approximate surface area is 130 Å². The first-order chi connectivity index (χ1) is 9.53. The van der Waals surface area contributed by atoms with Crippen molar-refractivity contribution in [3.63, 3.8) is 0 Å². The summed E-state index contributed by atoms with van der Waals surface area (Å²) in [6, 6.07) is 3.93. The molecule has 1 rings (SSSR count). The summed E-state index contributed by atoms with van der Waals surface area (Å²) in [7, 11) is -4.03. The second-order valence-electron chi connectivity index (χ2n) is 4.13. The van der Waals surface area contributed by atoms with E-state index in [1.54, 1.807) is 0 Å². The highest BCUT2D eigenvalue weighted by Gasteiger charge is 2.26. The Bertz CT molecular complexity index is 633. The maximum absolute atomic E-state index is 12.0. The molecule has 0 fully saturated rings. The number of thiocarbonyl (C=S) groups is 1. The van der Waals surface area contributed by atoms with Crippen molar-refractivity contribution in [3.8, 4) is 0 Å². The van der Waals surface area contributed by atoms with Crippen molar-refractivity contribution in [1.82, 2.24) is 4.72 Å². The molecule has 0 amide bonds. The topological polar surface area (TPSA) is 72.2 Å². The largest absolute Gasteiger partial charge is 0.389 e. The third-order valence-corrected chi connectivity index (χ3v) is 4.61. The predicted molar refractivity (Wildman–Crippen MR) is 77.8 cm³/mol. The minimum absolute atomic E-state index is 0.0137. The molecule has 0 spiro atoms. The molecule has 1 aromatic carbocycles. The average molecular weight is 361 g/mol. The average Bonchev–Trinajstić information content (AvgIpc) is 2.33. The molecule has 0 aromatic heterocycles. The minimum atomic E-state index is -4.32. The van der Waals surface area contributed by atoms with E-state index < -0.39 is 22.6 Å². The monoisotopic (exact) mass is 360 g/mol. The van der Waals surface area contributed by atoms with Crippen LogP contribution in [0, 0.1) is 0 Å². The van der Waals surface area contributed by atoms with Gasteiger partial charge in [0.15, 0.2) is 0 Å². The molecule has 10 heteroatoms. The smallest absolute Gasteiger partial charge is 0.389 e. The number of hydrogen-bond acceptors (Lipinski definition) is 3. The van der Waals surface area contributed by atoms with Gasteiger partial charge in [0, 0.05) is 18.5 Å². The second-order valence-corrected chi connectivity index (χ2v) is 6.71. The van der Waals surface area contributed by atoms with Crippen molar-refractivity contribution < 1.29 is 21.6 Å². The van der Waals surface area contributed by atoms with E-state index in [2.05, 4.69) is 4.72 Å². The molecular weight excluding hydrogens is 349 g/mol. The first-order valence-electron chi connectivity index (χ1n) is 5.69. The van der Waals surface area contributed by atoms with Crippen molar-refractivity contribution in [2.24, 2.45) is 5.73 Å². The zero-order chi connectivity index (χ0) is 16.3. The summed E-state index contributed by atoms with van der Waals surface area (Å²) >= 11 is 10.5. The zero-order valence-corrected chi connectivity index (χ0v) is 13.0. The van der Waals surface area contributed by atoms with Gasteiger partial charge < -0.3 is 5.73 Å². The third-order valence-electron chi connectivity index (χ3n) is 2.43. The van der Waals surface area contributed by atoms with Crippen LogP contribution in [0.5, 0.6) is 0 Å². The standard InChI is InChI=1S/C11H12ClF3N2O2S2/c12-8-3-2-7(10(16)20)6-9(8)21(18,19)17-5-1-4-11(13,14)15/h2-3,6,17H,1,4-5H2,(H2,16,20). The zero-order valence-electron chi connectivity index (χ0n) is 10.6. The Balaban J connectivity index is 2.83. The van der Waals surface area contributed by atoms with Crippen LogP contribution in [0.25, 0.3) is 0 Å². The third kappa shape index (κ3) is 5.77. The lowest BCUT2D eigenvalue weighted by Crippen LogP contribution is -2.26. The van der Waals surface area contributed by atoms with Crippen molar-refractivity contribution in [1.29, 1.82) is 0 Å². The molecule has 118 valence electrons. The van der Waals surface area contributed by atoms with E-state index in [9.17, 15) is 21.6 Å². The summed E-state index contributed by atoms with van der Waals surface area (Å²) in [5, 5.41) is -0.0710. The van der Waals surface area contributed by atoms with Gasteiger partial charge in [0.1, 0.15) is 9.88 Å². The SMILES string of the molecule is NC(=S)c1ccc(Cl)c(S(=O)(=O)NCCCC(F)(F)F)c1. The molecule has 1 aromatic rings. The van der Waals surface area contributed by atoms with Gasteiger partial charge in [-0.05, 0) is 18.6 Å². The summed E-state index contributed by atoms with van der Waals surface area (Å²) in [4.78, 5) is -0.290. The van der Waals surface area contributed by atoms with Gasteiger partial charge in [0.2, 0.25) is 10.0 Å². The Morgan fingerprint density at radius 1 is 1.38 bits per heavy atom. The molecule has 0 atom stereocenters. The highest BCUT2D eigenvalue weighted by atomic mass is 35.5. The number of hydrogen-bond donors (Lipinski definition) is 2. The molecule has 3 N–H and O–H groups in total. The summed E-state index contributed by atoms with van der Waals surface area (Å²) in [5.41, 5.74) is 5.69. The maximum atomic E-state index is 12.0. The first-order valence-corrected chi connectivity index (χ1v) is 7.95. The maximum Gasteiger partial charge on any atom is 0.389 e. The fourth-order valence-corrected chi connectivity index (χ4v) is 3.16. The summed E-state index contributed by atoms with van der Waals surface area (Å²) in [5.74, 6) is 0. The van der Waals surface area contributed by atoms with Gasteiger partial charge in [-0.3, -0.25) is 0 Å². The highest BCUT2D eigenvalue weighted by Crippen LogP contribution is 2.23. The highest BCUT2D eigenvalue weighted by molar-refractivity contribution is 7.89. The summed E-state index contributed by atoms with van der Waals surface area (Å²) in [6.45, 7) is -0.352. The van der Waals surface area contributed by atoms with Crippen LogP contribution in [-0.2, 0) is 10.0 Å². The fraction of sp³-hybridized carbons (Fsp3) is 0.364. The van der Waals surface area contributed by atoms with E-state index in [0.717, 1.165) is 0 Å². The normalized spacial score (nSPS) is 12.4. The van der Waals surface area contributed by atoms with Crippen LogP contribution < -0.4 is 10.5 Å². The number of halogens is 4. The number of benzene rings is 1. The summed E-state index contributed by atoms with van der Waals surface area (Å²) in [6.07, 6.45) is -5.76. The molecule has 0 unspecified atom stereocenters. The summed E-state index contributed by atoms with van der Waals surface area (Å²) < 4.78 is 62.0. The Morgan fingerprint density at radius 2 is 2.00 bits per heavy atom. The van der Waals surface area contributed by atoms with Gasteiger partial charge in [0.05, 0.1) is 5.02 Å². The molecule has 0 aliphatic carbocycles. The predicted octanol–water partition coefficient (Wildman–Crippen LogP) is 2.60. The number of alkyl halides is 3. The van der Waals surface area contributed by atoms with Gasteiger partial charge in [-0.25, -0.2) is 13.1 Å². The van der Waals surface area contributed by atoms with E-state index >= 15 is 0 Å². The molecule has 0 heterocycles. The van der Waals surface area contributed by atoms with E-state index in [1.807, 2.05) is 0 Å². The Kier molecular flexibility index (Phi) is 5.97. The molecule has 0 aliphatic rings. The molecule has 0 saturated carbocycles. The van der Waals surface area contributed by atoms with Crippen molar-refractivity contribution in [3.05, 3.63) is 28.8 Å². The lowest BCUT2D eigenvalue weighted by Gasteiger charge is -2.10. The van der Waals surface area contributed by atoms with E-state index in [0.29, 0.717) is 5.56 Å². The molecular formula is C11H12ClF3N2O2S2.